The van der Waals surface area contributed by atoms with Gasteiger partial charge in [0.1, 0.15) is 11.5 Å². The van der Waals surface area contributed by atoms with Crippen LogP contribution in [0.4, 0.5) is 13.2 Å². The van der Waals surface area contributed by atoms with Gasteiger partial charge in [0.25, 0.3) is 5.56 Å². The lowest BCUT2D eigenvalue weighted by atomic mass is 9.75. The molecule has 0 unspecified atom stereocenters. The Hall–Kier alpha value is -3.14. The summed E-state index contributed by atoms with van der Waals surface area (Å²) in [6.07, 6.45) is -1.40. The highest BCUT2D eigenvalue weighted by atomic mass is 19.4. The summed E-state index contributed by atoms with van der Waals surface area (Å²) in [6, 6.07) is 10.4. The first-order chi connectivity index (χ1) is 14.4. The summed E-state index contributed by atoms with van der Waals surface area (Å²) in [4.78, 5) is 21.7. The molecule has 0 spiro atoms. The Kier molecular flexibility index (Phi) is 4.21. The Balaban J connectivity index is 1.55. The van der Waals surface area contributed by atoms with Crippen LogP contribution in [0.5, 0.6) is 0 Å². The van der Waals surface area contributed by atoms with Gasteiger partial charge in [-0.2, -0.15) is 13.2 Å². The highest BCUT2D eigenvalue weighted by Crippen LogP contribution is 2.58. The van der Waals surface area contributed by atoms with Crippen LogP contribution in [0.2, 0.25) is 0 Å². The molecule has 0 N–H and O–H groups in total. The zero-order valence-electron chi connectivity index (χ0n) is 16.0. The number of hydrogen-bond donors (Lipinski definition) is 0. The molecular weight excluding hydrogens is 391 g/mol. The van der Waals surface area contributed by atoms with Gasteiger partial charge < -0.3 is 0 Å². The van der Waals surface area contributed by atoms with Crippen LogP contribution in [0.1, 0.15) is 36.3 Å². The third kappa shape index (κ3) is 3.07. The number of aromatic nitrogens is 3. The molecule has 0 bridgehead atoms. The number of benzene rings is 1. The Labute approximate surface area is 170 Å². The van der Waals surface area contributed by atoms with Gasteiger partial charge in [-0.25, -0.2) is 9.97 Å². The number of fused-ring (bicyclic) bond motifs is 2. The molecule has 7 heteroatoms. The van der Waals surface area contributed by atoms with Gasteiger partial charge in [0, 0.05) is 24.7 Å². The lowest BCUT2D eigenvalue weighted by molar-refractivity contribution is -0.243. The van der Waals surface area contributed by atoms with E-state index >= 15 is 0 Å². The SMILES string of the molecule is O=c1c2ccc(C#Cc3ccccn3)cc2nc2n1C[C@](C1CC1)(C(F)(F)F)CC2. The maximum Gasteiger partial charge on any atom is 0.396 e. The monoisotopic (exact) mass is 409 g/mol. The van der Waals surface area contributed by atoms with Crippen LogP contribution in [0.25, 0.3) is 10.9 Å². The van der Waals surface area contributed by atoms with E-state index in [1.54, 1.807) is 36.5 Å². The predicted molar refractivity (Wildman–Crippen MR) is 106 cm³/mol. The second-order valence-corrected chi connectivity index (χ2v) is 8.04. The van der Waals surface area contributed by atoms with Crippen molar-refractivity contribution in [2.75, 3.05) is 0 Å². The fourth-order valence-corrected chi connectivity index (χ4v) is 4.40. The van der Waals surface area contributed by atoms with E-state index in [2.05, 4.69) is 21.8 Å². The Morgan fingerprint density at radius 1 is 1.13 bits per heavy atom. The number of halogens is 3. The van der Waals surface area contributed by atoms with Crippen molar-refractivity contribution in [2.24, 2.45) is 11.3 Å². The number of aryl methyl sites for hydroxylation is 1. The minimum Gasteiger partial charge on any atom is -0.295 e. The van der Waals surface area contributed by atoms with E-state index in [1.165, 1.54) is 4.57 Å². The largest absolute Gasteiger partial charge is 0.396 e. The number of pyridine rings is 1. The van der Waals surface area contributed by atoms with E-state index in [0.29, 0.717) is 40.8 Å². The van der Waals surface area contributed by atoms with Gasteiger partial charge in [-0.15, -0.1) is 0 Å². The Bertz CT molecular complexity index is 1250. The van der Waals surface area contributed by atoms with Crippen molar-refractivity contribution >= 4 is 10.9 Å². The number of alkyl halides is 3. The van der Waals surface area contributed by atoms with Crippen molar-refractivity contribution in [3.05, 3.63) is 70.0 Å². The maximum absolute atomic E-state index is 13.9. The number of rotatable bonds is 1. The molecule has 1 aliphatic carbocycles. The molecule has 1 saturated carbocycles. The predicted octanol–water partition coefficient (Wildman–Crippen LogP) is 4.10. The molecule has 5 rings (SSSR count). The topological polar surface area (TPSA) is 47.8 Å². The fourth-order valence-electron chi connectivity index (χ4n) is 4.40. The molecule has 0 saturated heterocycles. The number of hydrogen-bond acceptors (Lipinski definition) is 3. The first-order valence-electron chi connectivity index (χ1n) is 9.91. The average molecular weight is 409 g/mol. The van der Waals surface area contributed by atoms with Crippen molar-refractivity contribution in [3.63, 3.8) is 0 Å². The highest BCUT2D eigenvalue weighted by molar-refractivity contribution is 5.79. The summed E-state index contributed by atoms with van der Waals surface area (Å²) in [7, 11) is 0. The zero-order chi connectivity index (χ0) is 20.9. The molecule has 0 radical (unpaired) electrons. The van der Waals surface area contributed by atoms with Crippen LogP contribution in [0.3, 0.4) is 0 Å². The quantitative estimate of drug-likeness (QED) is 0.569. The molecule has 3 aromatic rings. The lowest BCUT2D eigenvalue weighted by Gasteiger charge is -2.40. The van der Waals surface area contributed by atoms with Crippen LogP contribution in [0, 0.1) is 23.2 Å². The van der Waals surface area contributed by atoms with Gasteiger partial charge in [0.2, 0.25) is 0 Å². The molecule has 2 aromatic heterocycles. The van der Waals surface area contributed by atoms with E-state index in [9.17, 15) is 18.0 Å². The summed E-state index contributed by atoms with van der Waals surface area (Å²) in [5.41, 5.74) is -0.464. The smallest absolute Gasteiger partial charge is 0.295 e. The number of nitrogens with zero attached hydrogens (tertiary/aromatic N) is 3. The molecule has 30 heavy (non-hydrogen) atoms. The minimum atomic E-state index is -4.33. The van der Waals surface area contributed by atoms with Crippen molar-refractivity contribution in [2.45, 2.75) is 38.4 Å². The van der Waals surface area contributed by atoms with Crippen molar-refractivity contribution in [1.29, 1.82) is 0 Å². The molecule has 1 atom stereocenters. The van der Waals surface area contributed by atoms with Crippen molar-refractivity contribution < 1.29 is 13.2 Å². The van der Waals surface area contributed by atoms with Crippen molar-refractivity contribution in [1.82, 2.24) is 14.5 Å². The summed E-state index contributed by atoms with van der Waals surface area (Å²) in [6.45, 7) is -0.334. The minimum absolute atomic E-state index is 0.0156. The fraction of sp³-hybridized carbons (Fsp3) is 0.348. The zero-order valence-corrected chi connectivity index (χ0v) is 16.0. The van der Waals surface area contributed by atoms with Crippen LogP contribution in [-0.2, 0) is 13.0 Å². The van der Waals surface area contributed by atoms with E-state index in [0.717, 1.165) is 0 Å². The highest BCUT2D eigenvalue weighted by Gasteiger charge is 2.63. The van der Waals surface area contributed by atoms with E-state index in [1.807, 2.05) is 6.07 Å². The average Bonchev–Trinajstić information content (AvgIpc) is 3.58. The summed E-state index contributed by atoms with van der Waals surface area (Å²) < 4.78 is 43.1. The molecular formula is C23H18F3N3O. The maximum atomic E-state index is 13.9. The molecule has 1 aliphatic heterocycles. The first-order valence-corrected chi connectivity index (χ1v) is 9.91. The van der Waals surface area contributed by atoms with E-state index in [-0.39, 0.29) is 19.4 Å². The van der Waals surface area contributed by atoms with Gasteiger partial charge in [-0.05, 0) is 61.4 Å². The van der Waals surface area contributed by atoms with Crippen LogP contribution >= 0.6 is 0 Å². The molecule has 152 valence electrons. The molecule has 4 nitrogen and oxygen atoms in total. The van der Waals surface area contributed by atoms with Gasteiger partial charge in [0.15, 0.2) is 0 Å². The second kappa shape index (κ2) is 6.69. The standard InChI is InChI=1S/C23H18F3N3O/c24-23(25,26)22(16-6-7-16)11-10-20-28-19-13-15(4-8-17-3-1-2-12-27-17)5-9-18(19)21(30)29(20)14-22/h1-3,5,9,12-13,16H,6-7,10-11,14H2/t22-/m1/s1. The van der Waals surface area contributed by atoms with Gasteiger partial charge in [-0.3, -0.25) is 9.36 Å². The molecule has 1 fully saturated rings. The summed E-state index contributed by atoms with van der Waals surface area (Å²) in [5.74, 6) is 5.98. The Morgan fingerprint density at radius 3 is 2.67 bits per heavy atom. The van der Waals surface area contributed by atoms with E-state index < -0.39 is 23.1 Å². The van der Waals surface area contributed by atoms with E-state index in [4.69, 9.17) is 0 Å². The molecule has 0 amide bonds. The molecule has 3 heterocycles. The third-order valence-corrected chi connectivity index (χ3v) is 6.19. The summed E-state index contributed by atoms with van der Waals surface area (Å²) >= 11 is 0. The van der Waals surface area contributed by atoms with Gasteiger partial charge in [0.05, 0.1) is 16.3 Å². The van der Waals surface area contributed by atoms with Crippen LogP contribution in [0.15, 0.2) is 47.4 Å². The summed E-state index contributed by atoms with van der Waals surface area (Å²) in [5, 5.41) is 0.316. The Morgan fingerprint density at radius 2 is 1.97 bits per heavy atom. The lowest BCUT2D eigenvalue weighted by Crippen LogP contribution is -2.49. The van der Waals surface area contributed by atoms with Gasteiger partial charge in [-0.1, -0.05) is 12.0 Å². The van der Waals surface area contributed by atoms with Gasteiger partial charge >= 0.3 is 6.18 Å². The molecule has 2 aliphatic rings. The first kappa shape index (κ1) is 18.9. The second-order valence-electron chi connectivity index (χ2n) is 8.04. The van der Waals surface area contributed by atoms with Crippen LogP contribution in [-0.4, -0.2) is 20.7 Å². The third-order valence-electron chi connectivity index (χ3n) is 6.19. The van der Waals surface area contributed by atoms with Crippen LogP contribution < -0.4 is 5.56 Å². The molecule has 1 aromatic carbocycles. The normalized spacial score (nSPS) is 21.0. The van der Waals surface area contributed by atoms with Crippen molar-refractivity contribution in [3.8, 4) is 11.8 Å².